The number of carbonyl (C=O) groups excluding carboxylic acids is 2. The standard InChI is InChI=1S/C13H22O4/c1-8(2)7-10(12(14)16-5)11(9(3)4)13(15)17-6/h8-9H,7H2,1-6H3/b11-10-. The van der Waals surface area contributed by atoms with Gasteiger partial charge in [0.1, 0.15) is 0 Å². The van der Waals surface area contributed by atoms with Gasteiger partial charge in [-0.1, -0.05) is 27.7 Å². The number of hydrogen-bond acceptors (Lipinski definition) is 4. The molecule has 4 nitrogen and oxygen atoms in total. The molecule has 4 heteroatoms. The van der Waals surface area contributed by atoms with Crippen LogP contribution < -0.4 is 0 Å². The van der Waals surface area contributed by atoms with Crippen LogP contribution in [0, 0.1) is 11.8 Å². The maximum Gasteiger partial charge on any atom is 0.334 e. The molecule has 0 heterocycles. The third-order valence-electron chi connectivity index (χ3n) is 2.35. The summed E-state index contributed by atoms with van der Waals surface area (Å²) in [5.41, 5.74) is 0.831. The first kappa shape index (κ1) is 15.7. The Hall–Kier alpha value is -1.32. The molecule has 0 fully saturated rings. The van der Waals surface area contributed by atoms with Crippen molar-refractivity contribution in [3.05, 3.63) is 11.1 Å². The van der Waals surface area contributed by atoms with Crippen LogP contribution in [0.4, 0.5) is 0 Å². The highest BCUT2D eigenvalue weighted by atomic mass is 16.5. The predicted molar refractivity (Wildman–Crippen MR) is 65.4 cm³/mol. The molecule has 0 radical (unpaired) electrons. The number of ether oxygens (including phenoxy) is 2. The van der Waals surface area contributed by atoms with Crippen LogP contribution in [0.1, 0.15) is 34.1 Å². The van der Waals surface area contributed by atoms with Crippen molar-refractivity contribution in [1.29, 1.82) is 0 Å². The van der Waals surface area contributed by atoms with Gasteiger partial charge in [-0.3, -0.25) is 0 Å². The van der Waals surface area contributed by atoms with Crippen molar-refractivity contribution in [2.45, 2.75) is 34.1 Å². The molecule has 0 aromatic carbocycles. The van der Waals surface area contributed by atoms with Crippen LogP contribution in [-0.4, -0.2) is 26.2 Å². The lowest BCUT2D eigenvalue weighted by Crippen LogP contribution is -2.19. The normalized spacial score (nSPS) is 12.5. The van der Waals surface area contributed by atoms with Crippen LogP contribution in [-0.2, 0) is 19.1 Å². The molecule has 0 aromatic heterocycles. The van der Waals surface area contributed by atoms with Crippen molar-refractivity contribution in [2.24, 2.45) is 11.8 Å². The molecule has 0 rings (SSSR count). The molecule has 0 saturated carbocycles. The van der Waals surface area contributed by atoms with Gasteiger partial charge in [0.2, 0.25) is 0 Å². The van der Waals surface area contributed by atoms with Crippen molar-refractivity contribution in [2.75, 3.05) is 14.2 Å². The maximum absolute atomic E-state index is 11.7. The lowest BCUT2D eigenvalue weighted by atomic mass is 9.91. The number of hydrogen-bond donors (Lipinski definition) is 0. The number of methoxy groups -OCH3 is 2. The third kappa shape index (κ3) is 4.59. The van der Waals surface area contributed by atoms with Crippen LogP contribution in [0.15, 0.2) is 11.1 Å². The first-order chi connectivity index (χ1) is 7.84. The van der Waals surface area contributed by atoms with E-state index in [-0.39, 0.29) is 11.8 Å². The first-order valence-corrected chi connectivity index (χ1v) is 5.74. The van der Waals surface area contributed by atoms with E-state index in [4.69, 9.17) is 9.47 Å². The molecule has 17 heavy (non-hydrogen) atoms. The van der Waals surface area contributed by atoms with E-state index < -0.39 is 11.9 Å². The summed E-state index contributed by atoms with van der Waals surface area (Å²) in [5, 5.41) is 0. The molecule has 0 N–H and O–H groups in total. The van der Waals surface area contributed by atoms with Crippen molar-refractivity contribution in [3.63, 3.8) is 0 Å². The largest absolute Gasteiger partial charge is 0.466 e. The average Bonchev–Trinajstić information content (AvgIpc) is 2.25. The van der Waals surface area contributed by atoms with Gasteiger partial charge in [0.25, 0.3) is 0 Å². The van der Waals surface area contributed by atoms with Gasteiger partial charge in [-0.15, -0.1) is 0 Å². The van der Waals surface area contributed by atoms with Gasteiger partial charge in [0.05, 0.1) is 19.8 Å². The summed E-state index contributed by atoms with van der Waals surface area (Å²) >= 11 is 0. The Morgan fingerprint density at radius 1 is 0.941 bits per heavy atom. The zero-order chi connectivity index (χ0) is 13.6. The van der Waals surface area contributed by atoms with Crippen LogP contribution >= 0.6 is 0 Å². The monoisotopic (exact) mass is 242 g/mol. The molecule has 0 saturated heterocycles. The highest BCUT2D eigenvalue weighted by Crippen LogP contribution is 2.23. The number of rotatable bonds is 5. The van der Waals surface area contributed by atoms with Crippen LogP contribution in [0.2, 0.25) is 0 Å². The fourth-order valence-corrected chi connectivity index (χ4v) is 1.65. The Labute approximate surface area is 103 Å². The summed E-state index contributed by atoms with van der Waals surface area (Å²) in [5.74, 6) is -0.716. The maximum atomic E-state index is 11.7. The highest BCUT2D eigenvalue weighted by molar-refractivity contribution is 6.00. The molecule has 98 valence electrons. The van der Waals surface area contributed by atoms with E-state index in [1.165, 1.54) is 14.2 Å². The third-order valence-corrected chi connectivity index (χ3v) is 2.35. The zero-order valence-corrected chi connectivity index (χ0v) is 11.5. The van der Waals surface area contributed by atoms with Crippen LogP contribution in [0.5, 0.6) is 0 Å². The van der Waals surface area contributed by atoms with E-state index in [9.17, 15) is 9.59 Å². The predicted octanol–water partition coefficient (Wildman–Crippen LogP) is 2.33. The molecular formula is C13H22O4. The van der Waals surface area contributed by atoms with Gasteiger partial charge in [0.15, 0.2) is 0 Å². The fraction of sp³-hybridized carbons (Fsp3) is 0.692. The Bertz CT molecular complexity index is 313. The molecule has 0 atom stereocenters. The van der Waals surface area contributed by atoms with Gasteiger partial charge in [0, 0.05) is 5.57 Å². The Kier molecular flexibility index (Phi) is 6.54. The molecule has 0 unspecified atom stereocenters. The summed E-state index contributed by atoms with van der Waals surface area (Å²) < 4.78 is 9.46. The average molecular weight is 242 g/mol. The molecule has 0 spiro atoms. The second kappa shape index (κ2) is 7.09. The van der Waals surface area contributed by atoms with E-state index in [0.717, 1.165) is 0 Å². The lowest BCUT2D eigenvalue weighted by Gasteiger charge is -2.16. The minimum Gasteiger partial charge on any atom is -0.466 e. The van der Waals surface area contributed by atoms with E-state index >= 15 is 0 Å². The summed E-state index contributed by atoms with van der Waals surface area (Å²) in [4.78, 5) is 23.4. The van der Waals surface area contributed by atoms with Crippen LogP contribution in [0.3, 0.4) is 0 Å². The van der Waals surface area contributed by atoms with Crippen molar-refractivity contribution < 1.29 is 19.1 Å². The van der Waals surface area contributed by atoms with Crippen molar-refractivity contribution in [1.82, 2.24) is 0 Å². The Morgan fingerprint density at radius 2 is 1.41 bits per heavy atom. The Morgan fingerprint density at radius 3 is 1.71 bits per heavy atom. The molecule has 0 aliphatic rings. The summed E-state index contributed by atoms with van der Waals surface area (Å²) in [7, 11) is 2.63. The highest BCUT2D eigenvalue weighted by Gasteiger charge is 2.25. The van der Waals surface area contributed by atoms with Crippen molar-refractivity contribution in [3.8, 4) is 0 Å². The second-order valence-electron chi connectivity index (χ2n) is 4.63. The van der Waals surface area contributed by atoms with E-state index in [0.29, 0.717) is 17.6 Å². The van der Waals surface area contributed by atoms with E-state index in [2.05, 4.69) is 0 Å². The first-order valence-electron chi connectivity index (χ1n) is 5.74. The molecule has 0 aromatic rings. The van der Waals surface area contributed by atoms with Gasteiger partial charge in [-0.05, 0) is 18.3 Å². The lowest BCUT2D eigenvalue weighted by molar-refractivity contribution is -0.140. The summed E-state index contributed by atoms with van der Waals surface area (Å²) in [6.45, 7) is 7.68. The van der Waals surface area contributed by atoms with Gasteiger partial charge in [-0.2, -0.15) is 0 Å². The van der Waals surface area contributed by atoms with Crippen molar-refractivity contribution >= 4 is 11.9 Å². The summed E-state index contributed by atoms with van der Waals surface area (Å²) in [6.07, 6.45) is 0.509. The zero-order valence-electron chi connectivity index (χ0n) is 11.5. The topological polar surface area (TPSA) is 52.6 Å². The minimum absolute atomic E-state index is 0.0738. The smallest absolute Gasteiger partial charge is 0.334 e. The van der Waals surface area contributed by atoms with Gasteiger partial charge >= 0.3 is 11.9 Å². The molecule has 0 aliphatic carbocycles. The van der Waals surface area contributed by atoms with E-state index in [1.807, 2.05) is 27.7 Å². The summed E-state index contributed by atoms with van der Waals surface area (Å²) in [6, 6.07) is 0. The van der Waals surface area contributed by atoms with Gasteiger partial charge < -0.3 is 9.47 Å². The minimum atomic E-state index is -0.457. The molecule has 0 amide bonds. The SMILES string of the molecule is COC(=O)/C(CC(C)C)=C(\C(=O)OC)C(C)C. The fourth-order valence-electron chi connectivity index (χ4n) is 1.65. The Balaban J connectivity index is 5.55. The van der Waals surface area contributed by atoms with Crippen LogP contribution in [0.25, 0.3) is 0 Å². The number of carbonyl (C=O) groups is 2. The molecule has 0 bridgehead atoms. The quantitative estimate of drug-likeness (QED) is 0.548. The molecule has 0 aliphatic heterocycles. The molecular weight excluding hydrogens is 220 g/mol. The van der Waals surface area contributed by atoms with Gasteiger partial charge in [-0.25, -0.2) is 9.59 Å². The second-order valence-corrected chi connectivity index (χ2v) is 4.63. The number of esters is 2. The van der Waals surface area contributed by atoms with E-state index in [1.54, 1.807) is 0 Å².